The van der Waals surface area contributed by atoms with Crippen molar-refractivity contribution in [2.75, 3.05) is 4.72 Å². The van der Waals surface area contributed by atoms with Crippen LogP contribution in [-0.4, -0.2) is 8.42 Å². The fraction of sp³-hybridized carbons (Fsp3) is 0.143. The average Bonchev–Trinajstić information content (AvgIpc) is 2.42. The fourth-order valence-corrected chi connectivity index (χ4v) is 3.19. The summed E-state index contributed by atoms with van der Waals surface area (Å²) in [5.41, 5.74) is 6.75. The quantitative estimate of drug-likeness (QED) is 0.906. The van der Waals surface area contributed by atoms with Crippen LogP contribution in [0, 0.1) is 12.7 Å². The highest BCUT2D eigenvalue weighted by atomic mass is 35.5. The van der Waals surface area contributed by atoms with Gasteiger partial charge < -0.3 is 5.73 Å². The molecular weight excluding hydrogens is 315 g/mol. The van der Waals surface area contributed by atoms with Crippen LogP contribution in [0.3, 0.4) is 0 Å². The van der Waals surface area contributed by atoms with E-state index in [0.29, 0.717) is 5.56 Å². The van der Waals surface area contributed by atoms with Gasteiger partial charge in [0.2, 0.25) is 0 Å². The van der Waals surface area contributed by atoms with E-state index >= 15 is 0 Å². The number of rotatable bonds is 4. The minimum atomic E-state index is -3.92. The van der Waals surface area contributed by atoms with Crippen molar-refractivity contribution in [3.8, 4) is 0 Å². The zero-order valence-electron chi connectivity index (χ0n) is 11.2. The lowest BCUT2D eigenvalue weighted by atomic mass is 10.2. The largest absolute Gasteiger partial charge is 0.326 e. The van der Waals surface area contributed by atoms with Gasteiger partial charge in [-0.3, -0.25) is 4.72 Å². The lowest BCUT2D eigenvalue weighted by Gasteiger charge is -2.11. The molecule has 0 heterocycles. The summed E-state index contributed by atoms with van der Waals surface area (Å²) in [6, 6.07) is 8.38. The van der Waals surface area contributed by atoms with Gasteiger partial charge >= 0.3 is 0 Å². The molecule has 0 aliphatic rings. The van der Waals surface area contributed by atoms with Gasteiger partial charge in [-0.05, 0) is 42.3 Å². The Kier molecular flexibility index (Phi) is 4.51. The van der Waals surface area contributed by atoms with Crippen LogP contribution in [0.1, 0.15) is 11.1 Å². The van der Waals surface area contributed by atoms with Gasteiger partial charge in [0.1, 0.15) is 5.82 Å². The van der Waals surface area contributed by atoms with Gasteiger partial charge in [0.25, 0.3) is 10.0 Å². The van der Waals surface area contributed by atoms with Crippen LogP contribution >= 0.6 is 11.6 Å². The van der Waals surface area contributed by atoms with E-state index in [1.54, 1.807) is 13.0 Å². The summed E-state index contributed by atoms with van der Waals surface area (Å²) in [5, 5.41) is 0.255. The zero-order chi connectivity index (χ0) is 15.6. The number of hydrogen-bond donors (Lipinski definition) is 2. The summed E-state index contributed by atoms with van der Waals surface area (Å²) in [5.74, 6) is -0.645. The third-order valence-electron chi connectivity index (χ3n) is 2.92. The highest BCUT2D eigenvalue weighted by Crippen LogP contribution is 2.24. The van der Waals surface area contributed by atoms with Gasteiger partial charge in [0.05, 0.1) is 10.6 Å². The summed E-state index contributed by atoms with van der Waals surface area (Å²) < 4.78 is 40.4. The Morgan fingerprint density at radius 3 is 2.57 bits per heavy atom. The molecule has 2 aromatic carbocycles. The molecule has 0 bridgehead atoms. The first-order valence-corrected chi connectivity index (χ1v) is 7.97. The van der Waals surface area contributed by atoms with E-state index in [2.05, 4.69) is 4.72 Å². The number of nitrogens with two attached hydrogens (primary N) is 1. The molecule has 4 nitrogen and oxygen atoms in total. The maximum Gasteiger partial charge on any atom is 0.262 e. The van der Waals surface area contributed by atoms with Gasteiger partial charge in [-0.25, -0.2) is 12.8 Å². The minimum absolute atomic E-state index is 0.0504. The summed E-state index contributed by atoms with van der Waals surface area (Å²) in [7, 11) is -3.92. The lowest BCUT2D eigenvalue weighted by molar-refractivity contribution is 0.598. The number of sulfonamides is 1. The number of halogens is 2. The first kappa shape index (κ1) is 15.8. The second-order valence-corrected chi connectivity index (χ2v) is 6.64. The van der Waals surface area contributed by atoms with Gasteiger partial charge in [0, 0.05) is 11.6 Å². The van der Waals surface area contributed by atoms with Gasteiger partial charge in [-0.1, -0.05) is 23.7 Å². The zero-order valence-corrected chi connectivity index (χ0v) is 12.8. The Hall–Kier alpha value is -1.63. The lowest BCUT2D eigenvalue weighted by Crippen LogP contribution is -2.14. The van der Waals surface area contributed by atoms with Gasteiger partial charge in [-0.15, -0.1) is 0 Å². The number of benzene rings is 2. The van der Waals surface area contributed by atoms with Crippen LogP contribution < -0.4 is 10.5 Å². The molecule has 0 atom stereocenters. The molecule has 0 saturated carbocycles. The van der Waals surface area contributed by atoms with E-state index in [9.17, 15) is 12.8 Å². The maximum atomic E-state index is 13.6. The SMILES string of the molecule is Cc1ccc(F)c(NS(=O)(=O)c2ccc(CN)c(Cl)c2)c1. The van der Waals surface area contributed by atoms with Gasteiger partial charge in [0.15, 0.2) is 0 Å². The van der Waals surface area contributed by atoms with Crippen molar-refractivity contribution < 1.29 is 12.8 Å². The molecular formula is C14H14ClFN2O2S. The Morgan fingerprint density at radius 2 is 1.95 bits per heavy atom. The molecule has 2 aromatic rings. The Morgan fingerprint density at radius 1 is 1.24 bits per heavy atom. The smallest absolute Gasteiger partial charge is 0.262 e. The summed E-state index contributed by atoms with van der Waals surface area (Å²) >= 11 is 5.95. The Labute approximate surface area is 127 Å². The molecule has 7 heteroatoms. The van der Waals surface area contributed by atoms with Crippen molar-refractivity contribution in [1.82, 2.24) is 0 Å². The normalized spacial score (nSPS) is 11.4. The van der Waals surface area contributed by atoms with Crippen molar-refractivity contribution in [1.29, 1.82) is 0 Å². The highest BCUT2D eigenvalue weighted by Gasteiger charge is 2.17. The monoisotopic (exact) mass is 328 g/mol. The molecule has 112 valence electrons. The summed E-state index contributed by atoms with van der Waals surface area (Å²) in [4.78, 5) is -0.0504. The number of anilines is 1. The Bertz CT molecular complexity index is 779. The first-order chi connectivity index (χ1) is 9.83. The van der Waals surface area contributed by atoms with Crippen LogP contribution in [0.15, 0.2) is 41.3 Å². The van der Waals surface area contributed by atoms with Crippen LogP contribution in [0.4, 0.5) is 10.1 Å². The molecule has 0 amide bonds. The van der Waals surface area contributed by atoms with E-state index in [4.69, 9.17) is 17.3 Å². The van der Waals surface area contributed by atoms with Crippen LogP contribution in [0.2, 0.25) is 5.02 Å². The van der Waals surface area contributed by atoms with Crippen molar-refractivity contribution in [3.63, 3.8) is 0 Å². The van der Waals surface area contributed by atoms with E-state index in [1.807, 2.05) is 0 Å². The molecule has 0 radical (unpaired) electrons. The van der Waals surface area contributed by atoms with Crippen LogP contribution in [0.25, 0.3) is 0 Å². The molecule has 0 aromatic heterocycles. The molecule has 0 aliphatic heterocycles. The van der Waals surface area contributed by atoms with E-state index in [1.165, 1.54) is 30.3 Å². The number of aryl methyl sites for hydroxylation is 1. The van der Waals surface area contributed by atoms with E-state index < -0.39 is 15.8 Å². The average molecular weight is 329 g/mol. The molecule has 0 aliphatic carbocycles. The standard InChI is InChI=1S/C14H14ClFN2O2S/c1-9-2-5-13(16)14(6-9)18-21(19,20)11-4-3-10(8-17)12(15)7-11/h2-7,18H,8,17H2,1H3. The van der Waals surface area contributed by atoms with Crippen molar-refractivity contribution in [2.24, 2.45) is 5.73 Å². The topological polar surface area (TPSA) is 72.2 Å². The predicted molar refractivity (Wildman–Crippen MR) is 81.3 cm³/mol. The molecule has 3 N–H and O–H groups in total. The molecule has 0 saturated heterocycles. The third kappa shape index (κ3) is 3.53. The number of nitrogens with one attached hydrogen (secondary N) is 1. The second-order valence-electron chi connectivity index (χ2n) is 4.55. The molecule has 0 fully saturated rings. The number of hydrogen-bond acceptors (Lipinski definition) is 3. The van der Waals surface area contributed by atoms with Crippen molar-refractivity contribution >= 4 is 27.3 Å². The fourth-order valence-electron chi connectivity index (χ4n) is 1.78. The van der Waals surface area contributed by atoms with E-state index in [0.717, 1.165) is 5.56 Å². The minimum Gasteiger partial charge on any atom is -0.326 e. The van der Waals surface area contributed by atoms with Crippen LogP contribution in [0.5, 0.6) is 0 Å². The highest BCUT2D eigenvalue weighted by molar-refractivity contribution is 7.92. The molecule has 0 spiro atoms. The van der Waals surface area contributed by atoms with Gasteiger partial charge in [-0.2, -0.15) is 0 Å². The predicted octanol–water partition coefficient (Wildman–Crippen LogP) is 3.05. The third-order valence-corrected chi connectivity index (χ3v) is 4.64. The molecule has 2 rings (SSSR count). The van der Waals surface area contributed by atoms with Crippen molar-refractivity contribution in [3.05, 3.63) is 58.4 Å². The Balaban J connectivity index is 2.38. The summed E-state index contributed by atoms with van der Waals surface area (Å²) in [6.45, 7) is 1.95. The van der Waals surface area contributed by atoms with Crippen LogP contribution in [-0.2, 0) is 16.6 Å². The second kappa shape index (κ2) is 6.01. The first-order valence-electron chi connectivity index (χ1n) is 6.11. The maximum absolute atomic E-state index is 13.6. The molecule has 0 unspecified atom stereocenters. The summed E-state index contributed by atoms with van der Waals surface area (Å²) in [6.07, 6.45) is 0. The van der Waals surface area contributed by atoms with E-state index in [-0.39, 0.29) is 22.2 Å². The molecule has 21 heavy (non-hydrogen) atoms. The van der Waals surface area contributed by atoms with Crippen molar-refractivity contribution in [2.45, 2.75) is 18.4 Å².